The SMILES string of the molecule is CCCNCC(C)(CC)CC1CCCN(S(C)(=O)=O)C1. The highest BCUT2D eigenvalue weighted by Crippen LogP contribution is 2.33. The van der Waals surface area contributed by atoms with E-state index in [1.54, 1.807) is 4.31 Å². The lowest BCUT2D eigenvalue weighted by Crippen LogP contribution is -2.42. The summed E-state index contributed by atoms with van der Waals surface area (Å²) in [5.74, 6) is 0.506. The molecule has 0 radical (unpaired) electrons. The van der Waals surface area contributed by atoms with E-state index in [0.717, 1.165) is 45.2 Å². The highest BCUT2D eigenvalue weighted by Gasteiger charge is 2.31. The van der Waals surface area contributed by atoms with E-state index in [9.17, 15) is 8.42 Å². The summed E-state index contributed by atoms with van der Waals surface area (Å²) >= 11 is 0. The van der Waals surface area contributed by atoms with Gasteiger partial charge in [0.1, 0.15) is 0 Å². The van der Waals surface area contributed by atoms with Gasteiger partial charge in [0.2, 0.25) is 10.0 Å². The van der Waals surface area contributed by atoms with Gasteiger partial charge in [0.05, 0.1) is 6.26 Å². The van der Waals surface area contributed by atoms with Gasteiger partial charge in [0.25, 0.3) is 0 Å². The zero-order valence-corrected chi connectivity index (χ0v) is 14.4. The van der Waals surface area contributed by atoms with Crippen LogP contribution in [0.3, 0.4) is 0 Å². The van der Waals surface area contributed by atoms with Crippen LogP contribution in [0.15, 0.2) is 0 Å². The molecule has 0 spiro atoms. The third kappa shape index (κ3) is 5.70. The second-order valence-electron chi connectivity index (χ2n) is 6.67. The molecule has 4 nitrogen and oxygen atoms in total. The molecule has 120 valence electrons. The molecule has 1 N–H and O–H groups in total. The molecule has 0 bridgehead atoms. The Morgan fingerprint density at radius 1 is 1.35 bits per heavy atom. The molecule has 20 heavy (non-hydrogen) atoms. The average Bonchev–Trinajstić information content (AvgIpc) is 2.38. The molecule has 0 aromatic carbocycles. The largest absolute Gasteiger partial charge is 0.316 e. The lowest BCUT2D eigenvalue weighted by molar-refractivity contribution is 0.168. The molecule has 1 saturated heterocycles. The van der Waals surface area contributed by atoms with Crippen LogP contribution >= 0.6 is 0 Å². The molecule has 1 fully saturated rings. The summed E-state index contributed by atoms with van der Waals surface area (Å²) < 4.78 is 25.0. The maximum Gasteiger partial charge on any atom is 0.211 e. The van der Waals surface area contributed by atoms with Gasteiger partial charge in [-0.3, -0.25) is 0 Å². The number of nitrogens with one attached hydrogen (secondary N) is 1. The number of hydrogen-bond donors (Lipinski definition) is 1. The fourth-order valence-corrected chi connectivity index (χ4v) is 4.04. The highest BCUT2D eigenvalue weighted by molar-refractivity contribution is 7.88. The minimum Gasteiger partial charge on any atom is -0.316 e. The van der Waals surface area contributed by atoms with Gasteiger partial charge in [-0.15, -0.1) is 0 Å². The van der Waals surface area contributed by atoms with Gasteiger partial charge in [-0.1, -0.05) is 20.8 Å². The van der Waals surface area contributed by atoms with Gasteiger partial charge in [0.15, 0.2) is 0 Å². The number of rotatable bonds is 8. The Hall–Kier alpha value is -0.130. The second-order valence-corrected chi connectivity index (χ2v) is 8.66. The third-order valence-corrected chi connectivity index (χ3v) is 5.83. The van der Waals surface area contributed by atoms with Gasteiger partial charge < -0.3 is 5.32 Å². The molecule has 5 heteroatoms. The summed E-state index contributed by atoms with van der Waals surface area (Å²) in [7, 11) is -3.02. The second kappa shape index (κ2) is 7.76. The Kier molecular flexibility index (Phi) is 6.95. The Labute approximate surface area is 125 Å². The van der Waals surface area contributed by atoms with Crippen molar-refractivity contribution in [3.05, 3.63) is 0 Å². The van der Waals surface area contributed by atoms with Gasteiger partial charge >= 0.3 is 0 Å². The monoisotopic (exact) mass is 304 g/mol. The first-order chi connectivity index (χ1) is 9.30. The predicted octanol–water partition coefficient (Wildman–Crippen LogP) is 2.46. The van der Waals surface area contributed by atoms with Crippen molar-refractivity contribution in [2.75, 3.05) is 32.4 Å². The van der Waals surface area contributed by atoms with Crippen molar-refractivity contribution >= 4 is 10.0 Å². The summed E-state index contributed by atoms with van der Waals surface area (Å²) in [6, 6.07) is 0. The van der Waals surface area contributed by atoms with E-state index in [4.69, 9.17) is 0 Å². The number of nitrogens with zero attached hydrogens (tertiary/aromatic N) is 1. The third-order valence-electron chi connectivity index (χ3n) is 4.56. The lowest BCUT2D eigenvalue weighted by Gasteiger charge is -2.37. The van der Waals surface area contributed by atoms with Crippen molar-refractivity contribution in [2.24, 2.45) is 11.3 Å². The van der Waals surface area contributed by atoms with E-state index >= 15 is 0 Å². The van der Waals surface area contributed by atoms with E-state index in [-0.39, 0.29) is 5.41 Å². The van der Waals surface area contributed by atoms with Crippen molar-refractivity contribution in [2.45, 2.75) is 52.9 Å². The fourth-order valence-electron chi connectivity index (χ4n) is 3.10. The topological polar surface area (TPSA) is 49.4 Å². The summed E-state index contributed by atoms with van der Waals surface area (Å²) in [5.41, 5.74) is 0.278. The molecule has 1 aliphatic heterocycles. The van der Waals surface area contributed by atoms with Gasteiger partial charge in [0, 0.05) is 19.6 Å². The molecule has 1 heterocycles. The smallest absolute Gasteiger partial charge is 0.211 e. The maximum absolute atomic E-state index is 11.7. The Morgan fingerprint density at radius 2 is 2.05 bits per heavy atom. The van der Waals surface area contributed by atoms with Crippen molar-refractivity contribution in [1.29, 1.82) is 0 Å². The van der Waals surface area contributed by atoms with Crippen molar-refractivity contribution < 1.29 is 8.42 Å². The van der Waals surface area contributed by atoms with Crippen LogP contribution < -0.4 is 5.32 Å². The minimum absolute atomic E-state index is 0.278. The predicted molar refractivity (Wildman–Crippen MR) is 85.3 cm³/mol. The van der Waals surface area contributed by atoms with Crippen molar-refractivity contribution in [3.8, 4) is 0 Å². The molecule has 1 rings (SSSR count). The molecule has 0 aromatic rings. The van der Waals surface area contributed by atoms with E-state index in [0.29, 0.717) is 19.0 Å². The van der Waals surface area contributed by atoms with Crippen LogP contribution in [0.1, 0.15) is 52.9 Å². The summed E-state index contributed by atoms with van der Waals surface area (Å²) in [5, 5.41) is 3.53. The Balaban J connectivity index is 2.56. The zero-order valence-electron chi connectivity index (χ0n) is 13.6. The van der Waals surface area contributed by atoms with Crippen LogP contribution in [0.2, 0.25) is 0 Å². The summed E-state index contributed by atoms with van der Waals surface area (Å²) in [6.45, 7) is 10.3. The average molecular weight is 304 g/mol. The maximum atomic E-state index is 11.7. The van der Waals surface area contributed by atoms with E-state index in [2.05, 4.69) is 26.1 Å². The van der Waals surface area contributed by atoms with Crippen LogP contribution in [0.5, 0.6) is 0 Å². The summed E-state index contributed by atoms with van der Waals surface area (Å²) in [4.78, 5) is 0. The summed E-state index contributed by atoms with van der Waals surface area (Å²) in [6.07, 6.45) is 6.91. The fraction of sp³-hybridized carbons (Fsp3) is 1.00. The van der Waals surface area contributed by atoms with Crippen LogP contribution in [0.25, 0.3) is 0 Å². The van der Waals surface area contributed by atoms with Gasteiger partial charge in [-0.05, 0) is 50.0 Å². The lowest BCUT2D eigenvalue weighted by atomic mass is 9.76. The zero-order chi connectivity index (χ0) is 15.2. The number of piperidine rings is 1. The normalized spacial score (nSPS) is 24.5. The van der Waals surface area contributed by atoms with Crippen LogP contribution in [0, 0.1) is 11.3 Å². The Bertz CT molecular complexity index is 383. The van der Waals surface area contributed by atoms with E-state index in [1.807, 2.05) is 0 Å². The first-order valence-electron chi connectivity index (χ1n) is 7.96. The Morgan fingerprint density at radius 3 is 2.60 bits per heavy atom. The molecule has 0 amide bonds. The molecule has 0 aromatic heterocycles. The molecule has 2 unspecified atom stereocenters. The van der Waals surface area contributed by atoms with Crippen LogP contribution in [-0.4, -0.2) is 45.2 Å². The molecule has 2 atom stereocenters. The van der Waals surface area contributed by atoms with Gasteiger partial charge in [-0.25, -0.2) is 12.7 Å². The van der Waals surface area contributed by atoms with Crippen LogP contribution in [0.4, 0.5) is 0 Å². The standard InChI is InChI=1S/C15H32N2O2S/c1-5-9-16-13-15(3,6-2)11-14-8-7-10-17(12-14)20(4,18)19/h14,16H,5-13H2,1-4H3. The van der Waals surface area contributed by atoms with Gasteiger partial charge in [-0.2, -0.15) is 0 Å². The molecular formula is C15H32N2O2S. The first-order valence-corrected chi connectivity index (χ1v) is 9.81. The molecule has 0 aliphatic carbocycles. The van der Waals surface area contributed by atoms with Crippen LogP contribution in [-0.2, 0) is 10.0 Å². The van der Waals surface area contributed by atoms with E-state index < -0.39 is 10.0 Å². The molecule has 1 aliphatic rings. The number of hydrogen-bond acceptors (Lipinski definition) is 3. The minimum atomic E-state index is -3.02. The van der Waals surface area contributed by atoms with Crippen molar-refractivity contribution in [1.82, 2.24) is 9.62 Å². The van der Waals surface area contributed by atoms with E-state index in [1.165, 1.54) is 6.26 Å². The quantitative estimate of drug-likeness (QED) is 0.701. The highest BCUT2D eigenvalue weighted by atomic mass is 32.2. The number of sulfonamides is 1. The van der Waals surface area contributed by atoms with Crippen molar-refractivity contribution in [3.63, 3.8) is 0 Å². The first kappa shape index (κ1) is 17.9. The molecule has 0 saturated carbocycles. The molecular weight excluding hydrogens is 272 g/mol.